The maximum atomic E-state index is 2.55. The van der Waals surface area contributed by atoms with E-state index in [1.807, 2.05) is 0 Å². The smallest absolute Gasteiger partial charge is 0.0714 e. The van der Waals surface area contributed by atoms with E-state index in [1.165, 1.54) is 100 Å². The summed E-state index contributed by atoms with van der Waals surface area (Å²) in [6.07, 6.45) is 0. The summed E-state index contributed by atoms with van der Waals surface area (Å²) in [6.45, 7) is 9.45. The lowest BCUT2D eigenvalue weighted by Crippen LogP contribution is -2.28. The van der Waals surface area contributed by atoms with Gasteiger partial charge in [0.15, 0.2) is 0 Å². The summed E-state index contributed by atoms with van der Waals surface area (Å²) in [5.74, 6) is 0. The Morgan fingerprint density at radius 3 is 1.43 bits per heavy atom. The van der Waals surface area contributed by atoms with Gasteiger partial charge in [0.25, 0.3) is 0 Å². The highest BCUT2D eigenvalue weighted by atomic mass is 15.1. The first-order chi connectivity index (χ1) is 33.3. The van der Waals surface area contributed by atoms with Crippen LogP contribution in [-0.2, 0) is 16.2 Å². The molecule has 0 atom stereocenters. The lowest BCUT2D eigenvalue weighted by Gasteiger charge is -2.34. The first-order valence-electron chi connectivity index (χ1n) is 24.1. The van der Waals surface area contributed by atoms with Crippen LogP contribution in [0.2, 0.25) is 0 Å². The molecule has 324 valence electrons. The van der Waals surface area contributed by atoms with Crippen LogP contribution in [0.4, 0.5) is 17.1 Å². The predicted molar refractivity (Wildman–Crippen MR) is 284 cm³/mol. The minimum Gasteiger partial charge on any atom is -0.309 e. The molecule has 0 fully saturated rings. The second kappa shape index (κ2) is 15.0. The molecule has 3 aliphatic carbocycles. The van der Waals surface area contributed by atoms with E-state index in [-0.39, 0.29) is 10.8 Å². The van der Waals surface area contributed by atoms with Crippen molar-refractivity contribution < 1.29 is 0 Å². The number of hydrogen-bond donors (Lipinski definition) is 0. The van der Waals surface area contributed by atoms with E-state index in [4.69, 9.17) is 0 Å². The Morgan fingerprint density at radius 2 is 0.735 bits per heavy atom. The summed E-state index contributed by atoms with van der Waals surface area (Å²) in [5, 5.41) is 0. The van der Waals surface area contributed by atoms with Gasteiger partial charge < -0.3 is 4.90 Å². The summed E-state index contributed by atoms with van der Waals surface area (Å²) in [5.41, 5.74) is 26.0. The van der Waals surface area contributed by atoms with Gasteiger partial charge in [0.2, 0.25) is 0 Å². The van der Waals surface area contributed by atoms with Gasteiger partial charge in [0, 0.05) is 27.6 Å². The number of benzene rings is 10. The molecule has 0 aromatic heterocycles. The standard InChI is InChI=1S/C67H51N/c1-65(2)55-30-15-11-25-49(55)54-43-45(39-42-57(54)65)44-37-40-48(41-38-44)68(61-35-18-14-26-50(61)51-29-19-33-59-63(51)52-27-12-16-31-56(52)66(59,3)4)62-36-20-34-60-64(62)53-28-13-17-32-58(53)67(60,46-21-7-5-8-22-46)47-23-9-6-10-24-47/h5-43H,1-4H3. The van der Waals surface area contributed by atoms with Gasteiger partial charge in [-0.25, -0.2) is 0 Å². The summed E-state index contributed by atoms with van der Waals surface area (Å²) in [6, 6.07) is 88.8. The second-order valence-electron chi connectivity index (χ2n) is 20.0. The fourth-order valence-corrected chi connectivity index (χ4v) is 12.6. The lowest BCUT2D eigenvalue weighted by atomic mass is 9.68. The molecule has 0 unspecified atom stereocenters. The van der Waals surface area contributed by atoms with Gasteiger partial charge in [-0.15, -0.1) is 0 Å². The molecule has 0 spiro atoms. The molecule has 1 nitrogen and oxygen atoms in total. The third-order valence-corrected chi connectivity index (χ3v) is 15.8. The van der Waals surface area contributed by atoms with Gasteiger partial charge >= 0.3 is 0 Å². The molecule has 68 heavy (non-hydrogen) atoms. The number of hydrogen-bond acceptors (Lipinski definition) is 1. The van der Waals surface area contributed by atoms with E-state index in [9.17, 15) is 0 Å². The Kier molecular flexibility index (Phi) is 8.89. The van der Waals surface area contributed by atoms with Crippen molar-refractivity contribution in [1.29, 1.82) is 0 Å². The normalized spacial score (nSPS) is 14.8. The van der Waals surface area contributed by atoms with Crippen molar-refractivity contribution in [2.24, 2.45) is 0 Å². The summed E-state index contributed by atoms with van der Waals surface area (Å²) < 4.78 is 0. The van der Waals surface area contributed by atoms with Crippen molar-refractivity contribution >= 4 is 17.1 Å². The maximum Gasteiger partial charge on any atom is 0.0714 e. The molecule has 0 saturated carbocycles. The molecule has 3 aliphatic rings. The minimum atomic E-state index is -0.532. The molecule has 10 aromatic carbocycles. The van der Waals surface area contributed by atoms with Gasteiger partial charge in [-0.05, 0) is 119 Å². The maximum absolute atomic E-state index is 2.55. The van der Waals surface area contributed by atoms with Crippen LogP contribution in [0.3, 0.4) is 0 Å². The lowest BCUT2D eigenvalue weighted by molar-refractivity contribution is 0.660. The van der Waals surface area contributed by atoms with Crippen LogP contribution in [0.1, 0.15) is 72.2 Å². The fraction of sp³-hybridized carbons (Fsp3) is 0.104. The zero-order chi connectivity index (χ0) is 45.8. The van der Waals surface area contributed by atoms with Crippen LogP contribution in [0.5, 0.6) is 0 Å². The molecule has 0 saturated heterocycles. The monoisotopic (exact) mass is 869 g/mol. The third-order valence-electron chi connectivity index (χ3n) is 15.8. The van der Waals surface area contributed by atoms with Crippen LogP contribution in [-0.4, -0.2) is 0 Å². The van der Waals surface area contributed by atoms with Crippen LogP contribution in [0, 0.1) is 0 Å². The number of anilines is 3. The van der Waals surface area contributed by atoms with Gasteiger partial charge in [0.1, 0.15) is 0 Å². The first kappa shape index (κ1) is 40.3. The molecule has 10 aromatic rings. The summed E-state index contributed by atoms with van der Waals surface area (Å²) in [4.78, 5) is 2.55. The Bertz CT molecular complexity index is 3570. The van der Waals surface area contributed by atoms with E-state index in [2.05, 4.69) is 269 Å². The highest BCUT2D eigenvalue weighted by Crippen LogP contribution is 2.61. The molecule has 0 heterocycles. The zero-order valence-electron chi connectivity index (χ0n) is 39.0. The molecule has 1 heteroatoms. The molecule has 13 rings (SSSR count). The quantitative estimate of drug-likeness (QED) is 0.154. The zero-order valence-corrected chi connectivity index (χ0v) is 39.0. The molecule has 0 amide bonds. The van der Waals surface area contributed by atoms with Crippen molar-refractivity contribution in [2.75, 3.05) is 4.90 Å². The van der Waals surface area contributed by atoms with E-state index in [0.29, 0.717) is 0 Å². The second-order valence-corrected chi connectivity index (χ2v) is 20.0. The van der Waals surface area contributed by atoms with Crippen LogP contribution < -0.4 is 4.90 Å². The Balaban J connectivity index is 1.06. The van der Waals surface area contributed by atoms with Crippen molar-refractivity contribution in [1.82, 2.24) is 0 Å². The number of rotatable bonds is 7. The molecular weight excluding hydrogens is 819 g/mol. The largest absolute Gasteiger partial charge is 0.309 e. The fourth-order valence-electron chi connectivity index (χ4n) is 12.6. The minimum absolute atomic E-state index is 0.0356. The Labute approximate surface area is 400 Å². The average Bonchev–Trinajstić information content (AvgIpc) is 3.92. The van der Waals surface area contributed by atoms with E-state index in [1.54, 1.807) is 0 Å². The van der Waals surface area contributed by atoms with Crippen molar-refractivity contribution in [2.45, 2.75) is 43.9 Å². The van der Waals surface area contributed by atoms with E-state index in [0.717, 1.165) is 17.1 Å². The highest BCUT2D eigenvalue weighted by Gasteiger charge is 2.47. The molecule has 0 bridgehead atoms. The summed E-state index contributed by atoms with van der Waals surface area (Å²) in [7, 11) is 0. The Hall–Kier alpha value is -8.00. The first-order valence-corrected chi connectivity index (χ1v) is 24.1. The van der Waals surface area contributed by atoms with Gasteiger partial charge in [-0.3, -0.25) is 0 Å². The van der Waals surface area contributed by atoms with Gasteiger partial charge in [-0.2, -0.15) is 0 Å². The highest BCUT2D eigenvalue weighted by molar-refractivity contribution is 6.02. The molecule has 0 N–H and O–H groups in total. The van der Waals surface area contributed by atoms with Crippen molar-refractivity contribution in [3.8, 4) is 55.6 Å². The number of fused-ring (bicyclic) bond motifs is 9. The van der Waals surface area contributed by atoms with E-state index >= 15 is 0 Å². The predicted octanol–water partition coefficient (Wildman–Crippen LogP) is 17.5. The van der Waals surface area contributed by atoms with Crippen molar-refractivity contribution in [3.05, 3.63) is 281 Å². The van der Waals surface area contributed by atoms with Crippen LogP contribution in [0.15, 0.2) is 237 Å². The summed E-state index contributed by atoms with van der Waals surface area (Å²) >= 11 is 0. The molecule has 0 radical (unpaired) electrons. The third kappa shape index (κ3) is 5.63. The Morgan fingerprint density at radius 1 is 0.279 bits per heavy atom. The molecule has 0 aliphatic heterocycles. The molecular formula is C67H51N. The topological polar surface area (TPSA) is 3.24 Å². The van der Waals surface area contributed by atoms with Gasteiger partial charge in [0.05, 0.1) is 16.8 Å². The number of para-hydroxylation sites is 1. The van der Waals surface area contributed by atoms with E-state index < -0.39 is 5.41 Å². The van der Waals surface area contributed by atoms with Crippen LogP contribution >= 0.6 is 0 Å². The van der Waals surface area contributed by atoms with Crippen molar-refractivity contribution in [3.63, 3.8) is 0 Å². The SMILES string of the molecule is CC1(C)c2ccccc2-c2cc(-c3ccc(N(c4ccccc4-c4cccc5c4-c4ccccc4C5(C)C)c4cccc5c4-c4ccccc4C5(c4ccccc4)c4ccccc4)cc3)ccc21. The van der Waals surface area contributed by atoms with Gasteiger partial charge in [-0.1, -0.05) is 234 Å². The number of nitrogens with zero attached hydrogens (tertiary/aromatic N) is 1. The average molecular weight is 870 g/mol. The van der Waals surface area contributed by atoms with Crippen LogP contribution in [0.25, 0.3) is 55.6 Å².